The van der Waals surface area contributed by atoms with Gasteiger partial charge in [0.1, 0.15) is 17.6 Å². The monoisotopic (exact) mass is 330 g/mol. The van der Waals surface area contributed by atoms with Crippen molar-refractivity contribution in [1.82, 2.24) is 0 Å². The first kappa shape index (κ1) is 16.9. The molecule has 24 heavy (non-hydrogen) atoms. The average molecular weight is 330 g/mol. The summed E-state index contributed by atoms with van der Waals surface area (Å²) in [6, 6.07) is 4.79. The van der Waals surface area contributed by atoms with Gasteiger partial charge in [-0.15, -0.1) is 0 Å². The first-order valence-corrected chi connectivity index (χ1v) is 8.53. The fourth-order valence-electron chi connectivity index (χ4n) is 4.48. The Hall–Kier alpha value is -1.97. The molecule has 4 heteroatoms. The number of hydrogen-bond acceptors (Lipinski definition) is 4. The predicted molar refractivity (Wildman–Crippen MR) is 92.8 cm³/mol. The van der Waals surface area contributed by atoms with Gasteiger partial charge < -0.3 is 14.6 Å². The highest BCUT2D eigenvalue weighted by Crippen LogP contribution is 2.66. The standard InChI is InChI=1S/C20H26O4/c1-19(2)14-9-10-20(19,3)17(11-14)24-18(22)8-6-13-5-7-15(21)12-16(13)23-4/h5-8,12,14,17,21H,9-11H2,1-4H3/t14-,17+,20+/m1/s1. The van der Waals surface area contributed by atoms with Crippen LogP contribution in [-0.4, -0.2) is 24.3 Å². The smallest absolute Gasteiger partial charge is 0.331 e. The molecule has 0 amide bonds. The van der Waals surface area contributed by atoms with Crippen molar-refractivity contribution in [1.29, 1.82) is 0 Å². The zero-order chi connectivity index (χ0) is 17.5. The third kappa shape index (κ3) is 2.58. The molecule has 2 aliphatic rings. The second-order valence-electron chi connectivity index (χ2n) is 7.80. The number of phenols is 1. The highest BCUT2D eigenvalue weighted by atomic mass is 16.5. The van der Waals surface area contributed by atoms with E-state index in [2.05, 4.69) is 20.8 Å². The lowest BCUT2D eigenvalue weighted by Gasteiger charge is -2.38. The Morgan fingerprint density at radius 3 is 2.67 bits per heavy atom. The maximum Gasteiger partial charge on any atom is 0.331 e. The Bertz CT molecular complexity index is 676. The summed E-state index contributed by atoms with van der Waals surface area (Å²) in [5, 5.41) is 9.48. The number of aromatic hydroxyl groups is 1. The summed E-state index contributed by atoms with van der Waals surface area (Å²) >= 11 is 0. The zero-order valence-corrected chi connectivity index (χ0v) is 14.8. The van der Waals surface area contributed by atoms with Crippen molar-refractivity contribution >= 4 is 12.0 Å². The van der Waals surface area contributed by atoms with Crippen LogP contribution in [0, 0.1) is 16.7 Å². The van der Waals surface area contributed by atoms with Crippen molar-refractivity contribution in [2.24, 2.45) is 16.7 Å². The van der Waals surface area contributed by atoms with Crippen LogP contribution in [0.4, 0.5) is 0 Å². The Morgan fingerprint density at radius 2 is 2.08 bits per heavy atom. The van der Waals surface area contributed by atoms with E-state index in [0.717, 1.165) is 18.4 Å². The van der Waals surface area contributed by atoms with E-state index < -0.39 is 0 Å². The van der Waals surface area contributed by atoms with Gasteiger partial charge in [0.05, 0.1) is 7.11 Å². The first-order valence-electron chi connectivity index (χ1n) is 8.53. The summed E-state index contributed by atoms with van der Waals surface area (Å²) in [7, 11) is 1.53. The summed E-state index contributed by atoms with van der Waals surface area (Å²) in [5.41, 5.74) is 1.02. The van der Waals surface area contributed by atoms with Crippen molar-refractivity contribution in [2.45, 2.75) is 46.1 Å². The number of esters is 1. The van der Waals surface area contributed by atoms with Crippen LogP contribution in [0.15, 0.2) is 24.3 Å². The molecule has 4 nitrogen and oxygen atoms in total. The van der Waals surface area contributed by atoms with Gasteiger partial charge in [-0.2, -0.15) is 0 Å². The third-order valence-corrected chi connectivity index (χ3v) is 6.59. The molecular weight excluding hydrogens is 304 g/mol. The van der Waals surface area contributed by atoms with E-state index in [1.165, 1.54) is 25.7 Å². The van der Waals surface area contributed by atoms with Gasteiger partial charge in [-0.25, -0.2) is 4.79 Å². The van der Waals surface area contributed by atoms with E-state index in [1.807, 2.05) is 0 Å². The number of benzene rings is 1. The number of carbonyl (C=O) groups is 1. The molecule has 130 valence electrons. The molecule has 2 aliphatic carbocycles. The Labute approximate surface area is 143 Å². The molecule has 0 unspecified atom stereocenters. The fourth-order valence-corrected chi connectivity index (χ4v) is 4.48. The number of hydrogen-bond donors (Lipinski definition) is 1. The maximum absolute atomic E-state index is 12.3. The van der Waals surface area contributed by atoms with Crippen LogP contribution in [0.5, 0.6) is 11.5 Å². The van der Waals surface area contributed by atoms with Crippen LogP contribution in [0.25, 0.3) is 6.08 Å². The van der Waals surface area contributed by atoms with Gasteiger partial charge in [0.15, 0.2) is 0 Å². The molecule has 1 aromatic rings. The molecule has 2 saturated carbocycles. The second kappa shape index (κ2) is 5.83. The molecule has 1 aromatic carbocycles. The lowest BCUT2D eigenvalue weighted by Crippen LogP contribution is -2.38. The van der Waals surface area contributed by atoms with Gasteiger partial charge >= 0.3 is 5.97 Å². The molecule has 0 spiro atoms. The van der Waals surface area contributed by atoms with Crippen molar-refractivity contribution in [2.75, 3.05) is 7.11 Å². The number of methoxy groups -OCH3 is 1. The topological polar surface area (TPSA) is 55.8 Å². The third-order valence-electron chi connectivity index (χ3n) is 6.59. The SMILES string of the molecule is COc1cc(O)ccc1C=CC(=O)O[C@H]1C[C@H]2CC[C@]1(C)C2(C)C. The van der Waals surface area contributed by atoms with Crippen LogP contribution >= 0.6 is 0 Å². The number of rotatable bonds is 4. The van der Waals surface area contributed by atoms with Crippen molar-refractivity contribution < 1.29 is 19.4 Å². The molecule has 2 bridgehead atoms. The van der Waals surface area contributed by atoms with Gasteiger partial charge in [0.2, 0.25) is 0 Å². The largest absolute Gasteiger partial charge is 0.508 e. The Kier molecular flexibility index (Phi) is 4.10. The van der Waals surface area contributed by atoms with Crippen LogP contribution in [-0.2, 0) is 9.53 Å². The molecule has 2 fully saturated rings. The average Bonchev–Trinajstić information content (AvgIpc) is 2.87. The van der Waals surface area contributed by atoms with Gasteiger partial charge in [-0.1, -0.05) is 20.8 Å². The van der Waals surface area contributed by atoms with E-state index in [-0.39, 0.29) is 28.7 Å². The van der Waals surface area contributed by atoms with E-state index in [1.54, 1.807) is 18.2 Å². The molecule has 3 atom stereocenters. The minimum atomic E-state index is -0.320. The summed E-state index contributed by atoms with van der Waals surface area (Å²) in [6.45, 7) is 6.86. The molecule has 0 aromatic heterocycles. The quantitative estimate of drug-likeness (QED) is 0.665. The molecule has 0 aliphatic heterocycles. The summed E-state index contributed by atoms with van der Waals surface area (Å²) in [6.07, 6.45) is 6.42. The molecule has 0 radical (unpaired) electrons. The molecule has 3 rings (SSSR count). The molecular formula is C20H26O4. The van der Waals surface area contributed by atoms with Crippen molar-refractivity contribution in [3.63, 3.8) is 0 Å². The van der Waals surface area contributed by atoms with Crippen LogP contribution in [0.2, 0.25) is 0 Å². The number of ether oxygens (including phenoxy) is 2. The second-order valence-corrected chi connectivity index (χ2v) is 7.80. The molecule has 0 heterocycles. The minimum absolute atomic E-state index is 0.00915. The lowest BCUT2D eigenvalue weighted by atomic mass is 9.70. The van der Waals surface area contributed by atoms with Gasteiger partial charge in [-0.3, -0.25) is 0 Å². The number of carbonyl (C=O) groups excluding carboxylic acids is 1. The normalized spacial score (nSPS) is 30.7. The van der Waals surface area contributed by atoms with E-state index in [9.17, 15) is 9.90 Å². The van der Waals surface area contributed by atoms with Crippen LogP contribution < -0.4 is 4.74 Å². The van der Waals surface area contributed by atoms with E-state index >= 15 is 0 Å². The van der Waals surface area contributed by atoms with Gasteiger partial charge in [-0.05, 0) is 48.8 Å². The van der Waals surface area contributed by atoms with Crippen molar-refractivity contribution in [3.8, 4) is 11.5 Å². The first-order chi connectivity index (χ1) is 11.3. The van der Waals surface area contributed by atoms with Gasteiger partial charge in [0.25, 0.3) is 0 Å². The fraction of sp³-hybridized carbons (Fsp3) is 0.550. The molecule has 1 N–H and O–H groups in total. The summed E-state index contributed by atoms with van der Waals surface area (Å²) < 4.78 is 11.0. The summed E-state index contributed by atoms with van der Waals surface area (Å²) in [5.74, 6) is 0.969. The lowest BCUT2D eigenvalue weighted by molar-refractivity contribution is -0.150. The van der Waals surface area contributed by atoms with Crippen LogP contribution in [0.1, 0.15) is 45.6 Å². The maximum atomic E-state index is 12.3. The molecule has 0 saturated heterocycles. The van der Waals surface area contributed by atoms with Gasteiger partial charge in [0, 0.05) is 23.1 Å². The summed E-state index contributed by atoms with van der Waals surface area (Å²) in [4.78, 5) is 12.3. The zero-order valence-electron chi connectivity index (χ0n) is 14.8. The number of phenolic OH excluding ortho intramolecular Hbond substituents is 1. The van der Waals surface area contributed by atoms with E-state index in [0.29, 0.717) is 11.7 Å². The predicted octanol–water partition coefficient (Wildman–Crippen LogP) is 4.17. The number of fused-ring (bicyclic) bond motifs is 2. The highest BCUT2D eigenvalue weighted by Gasteiger charge is 2.62. The minimum Gasteiger partial charge on any atom is -0.508 e. The van der Waals surface area contributed by atoms with E-state index in [4.69, 9.17) is 9.47 Å². The Balaban J connectivity index is 1.69. The van der Waals surface area contributed by atoms with Crippen LogP contribution in [0.3, 0.4) is 0 Å². The van der Waals surface area contributed by atoms with Crippen molar-refractivity contribution in [3.05, 3.63) is 29.8 Å². The Morgan fingerprint density at radius 1 is 1.33 bits per heavy atom. The highest BCUT2D eigenvalue weighted by molar-refractivity contribution is 5.87.